The van der Waals surface area contributed by atoms with E-state index in [2.05, 4.69) is 4.90 Å². The second-order valence-electron chi connectivity index (χ2n) is 6.67. The number of rotatable bonds is 5. The van der Waals surface area contributed by atoms with Gasteiger partial charge in [0.15, 0.2) is 6.61 Å². The highest BCUT2D eigenvalue weighted by Gasteiger charge is 2.30. The molecule has 1 amide bonds. The maximum atomic E-state index is 12.9. The highest BCUT2D eigenvalue weighted by Crippen LogP contribution is 2.31. The summed E-state index contributed by atoms with van der Waals surface area (Å²) < 4.78 is 32.8. The van der Waals surface area contributed by atoms with Crippen LogP contribution in [-0.2, 0) is 14.8 Å². The molecule has 2 aliphatic rings. The molecule has 0 unspecified atom stereocenters. The van der Waals surface area contributed by atoms with E-state index in [0.29, 0.717) is 31.2 Å². The molecule has 26 heavy (non-hydrogen) atoms. The minimum absolute atomic E-state index is 0.0260. The Labute approximate surface area is 159 Å². The van der Waals surface area contributed by atoms with Crippen LogP contribution < -0.4 is 4.74 Å². The van der Waals surface area contributed by atoms with Crippen LogP contribution in [0.5, 0.6) is 5.75 Å². The van der Waals surface area contributed by atoms with Crippen molar-refractivity contribution in [2.45, 2.75) is 17.7 Å². The van der Waals surface area contributed by atoms with E-state index in [1.165, 1.54) is 16.4 Å². The number of carbonyl (C=O) groups is 1. The van der Waals surface area contributed by atoms with Gasteiger partial charge in [-0.2, -0.15) is 4.31 Å². The van der Waals surface area contributed by atoms with Crippen molar-refractivity contribution in [1.82, 2.24) is 14.1 Å². The molecular weight excluding hydrogens is 378 g/mol. The van der Waals surface area contributed by atoms with Gasteiger partial charge in [0.05, 0.1) is 0 Å². The quantitative estimate of drug-likeness (QED) is 0.743. The number of hydrogen-bond donors (Lipinski definition) is 0. The van der Waals surface area contributed by atoms with E-state index < -0.39 is 10.0 Å². The third-order valence-electron chi connectivity index (χ3n) is 4.80. The number of carbonyl (C=O) groups excluding carboxylic acids is 1. The van der Waals surface area contributed by atoms with Crippen LogP contribution in [0.4, 0.5) is 0 Å². The summed E-state index contributed by atoms with van der Waals surface area (Å²) in [5.41, 5.74) is 0. The molecule has 2 fully saturated rings. The maximum absolute atomic E-state index is 12.9. The number of likely N-dealkylation sites (N-methyl/N-ethyl adjacent to an activating group) is 1. The van der Waals surface area contributed by atoms with Crippen molar-refractivity contribution < 1.29 is 17.9 Å². The molecule has 0 aliphatic carbocycles. The molecule has 0 radical (unpaired) electrons. The summed E-state index contributed by atoms with van der Waals surface area (Å²) in [6.07, 6.45) is 1.69. The first-order valence-electron chi connectivity index (χ1n) is 8.77. The largest absolute Gasteiger partial charge is 0.482 e. The Hall–Kier alpha value is -1.35. The predicted molar refractivity (Wildman–Crippen MR) is 99.0 cm³/mol. The molecule has 144 valence electrons. The number of sulfonamides is 1. The highest BCUT2D eigenvalue weighted by molar-refractivity contribution is 7.89. The standard InChI is InChI=1S/C17H24ClN3O4S/c1-19-8-10-20(11-9-19)17(22)13-25-15-5-4-14(18)12-16(15)26(23,24)21-6-2-3-7-21/h4-5,12H,2-3,6-11,13H2,1H3. The molecular formula is C17H24ClN3O4S. The van der Waals surface area contributed by atoms with Gasteiger partial charge in [-0.1, -0.05) is 11.6 Å². The van der Waals surface area contributed by atoms with E-state index in [9.17, 15) is 13.2 Å². The first kappa shape index (κ1) is 19.4. The zero-order valence-electron chi connectivity index (χ0n) is 14.9. The first-order chi connectivity index (χ1) is 12.4. The van der Waals surface area contributed by atoms with Gasteiger partial charge in [-0.05, 0) is 38.1 Å². The van der Waals surface area contributed by atoms with Crippen LogP contribution in [0.2, 0.25) is 5.02 Å². The number of halogens is 1. The van der Waals surface area contributed by atoms with Crippen molar-refractivity contribution in [3.8, 4) is 5.75 Å². The Morgan fingerprint density at radius 3 is 2.42 bits per heavy atom. The number of piperazine rings is 1. The molecule has 7 nitrogen and oxygen atoms in total. The van der Waals surface area contributed by atoms with E-state index in [4.69, 9.17) is 16.3 Å². The summed E-state index contributed by atoms with van der Waals surface area (Å²) in [6, 6.07) is 4.48. The molecule has 0 atom stereocenters. The number of amides is 1. The van der Waals surface area contributed by atoms with Crippen LogP contribution in [0.15, 0.2) is 23.1 Å². The topological polar surface area (TPSA) is 70.2 Å². The molecule has 0 aromatic heterocycles. The summed E-state index contributed by atoms with van der Waals surface area (Å²) in [4.78, 5) is 16.3. The summed E-state index contributed by atoms with van der Waals surface area (Å²) in [5.74, 6) is 0.0290. The van der Waals surface area contributed by atoms with E-state index >= 15 is 0 Å². The van der Waals surface area contributed by atoms with Gasteiger partial charge in [0.25, 0.3) is 5.91 Å². The monoisotopic (exact) mass is 401 g/mol. The van der Waals surface area contributed by atoms with Crippen molar-refractivity contribution in [3.05, 3.63) is 23.2 Å². The predicted octanol–water partition coefficient (Wildman–Crippen LogP) is 1.28. The number of hydrogen-bond acceptors (Lipinski definition) is 5. The number of ether oxygens (including phenoxy) is 1. The van der Waals surface area contributed by atoms with Gasteiger partial charge in [0, 0.05) is 44.3 Å². The van der Waals surface area contributed by atoms with Crippen molar-refractivity contribution in [1.29, 1.82) is 0 Å². The van der Waals surface area contributed by atoms with Crippen LogP contribution in [0.25, 0.3) is 0 Å². The summed E-state index contributed by atoms with van der Waals surface area (Å²) >= 11 is 6.01. The smallest absolute Gasteiger partial charge is 0.260 e. The van der Waals surface area contributed by atoms with Gasteiger partial charge in [0.1, 0.15) is 10.6 Å². The van der Waals surface area contributed by atoms with Crippen LogP contribution >= 0.6 is 11.6 Å². The molecule has 2 heterocycles. The fourth-order valence-corrected chi connectivity index (χ4v) is 5.07. The average Bonchev–Trinajstić information content (AvgIpc) is 3.16. The highest BCUT2D eigenvalue weighted by atomic mass is 35.5. The van der Waals surface area contributed by atoms with Gasteiger partial charge >= 0.3 is 0 Å². The zero-order chi connectivity index (χ0) is 18.7. The maximum Gasteiger partial charge on any atom is 0.260 e. The van der Waals surface area contributed by atoms with Crippen molar-refractivity contribution in [2.75, 3.05) is 52.9 Å². The molecule has 0 N–H and O–H groups in total. The van der Waals surface area contributed by atoms with E-state index in [-0.39, 0.29) is 23.2 Å². The normalized spacial score (nSPS) is 19.7. The molecule has 1 aromatic carbocycles. The van der Waals surface area contributed by atoms with Crippen LogP contribution in [0, 0.1) is 0 Å². The number of benzene rings is 1. The number of nitrogens with zero attached hydrogens (tertiary/aromatic N) is 3. The fraction of sp³-hybridized carbons (Fsp3) is 0.588. The zero-order valence-corrected chi connectivity index (χ0v) is 16.4. The Morgan fingerprint density at radius 1 is 1.12 bits per heavy atom. The molecule has 2 saturated heterocycles. The SMILES string of the molecule is CN1CCN(C(=O)COc2ccc(Cl)cc2S(=O)(=O)N2CCCC2)CC1. The second kappa shape index (κ2) is 8.12. The second-order valence-corrected chi connectivity index (χ2v) is 9.02. The van der Waals surface area contributed by atoms with Crippen molar-refractivity contribution in [3.63, 3.8) is 0 Å². The van der Waals surface area contributed by atoms with Gasteiger partial charge in [-0.15, -0.1) is 0 Å². The van der Waals surface area contributed by atoms with E-state index in [1.54, 1.807) is 11.0 Å². The molecule has 9 heteroatoms. The fourth-order valence-electron chi connectivity index (χ4n) is 3.16. The van der Waals surface area contributed by atoms with Crippen molar-refractivity contribution in [2.24, 2.45) is 0 Å². The lowest BCUT2D eigenvalue weighted by Gasteiger charge is -2.32. The van der Waals surface area contributed by atoms with E-state index in [1.807, 2.05) is 7.05 Å². The Bertz CT molecular complexity index is 757. The van der Waals surface area contributed by atoms with Crippen molar-refractivity contribution >= 4 is 27.5 Å². The lowest BCUT2D eigenvalue weighted by Crippen LogP contribution is -2.48. The minimum atomic E-state index is -3.68. The molecule has 0 saturated carbocycles. The van der Waals surface area contributed by atoms with E-state index in [0.717, 1.165) is 25.9 Å². The lowest BCUT2D eigenvalue weighted by molar-refractivity contribution is -0.135. The average molecular weight is 402 g/mol. The summed E-state index contributed by atoms with van der Waals surface area (Å²) in [5, 5.41) is 0.320. The van der Waals surface area contributed by atoms with Gasteiger partial charge in [-0.25, -0.2) is 8.42 Å². The molecule has 0 bridgehead atoms. The van der Waals surface area contributed by atoms with Gasteiger partial charge in [0.2, 0.25) is 10.0 Å². The molecule has 1 aromatic rings. The Balaban J connectivity index is 1.73. The Kier molecular flexibility index (Phi) is 6.06. The first-order valence-corrected chi connectivity index (χ1v) is 10.6. The third kappa shape index (κ3) is 4.31. The molecule has 2 aliphatic heterocycles. The summed E-state index contributed by atoms with van der Waals surface area (Å²) in [7, 11) is -1.66. The molecule has 3 rings (SSSR count). The third-order valence-corrected chi connectivity index (χ3v) is 6.95. The van der Waals surface area contributed by atoms with Gasteiger partial charge in [-0.3, -0.25) is 4.79 Å². The molecule has 0 spiro atoms. The lowest BCUT2D eigenvalue weighted by atomic mass is 10.3. The van der Waals surface area contributed by atoms with Crippen LogP contribution in [0.1, 0.15) is 12.8 Å². The van der Waals surface area contributed by atoms with Crippen LogP contribution in [-0.4, -0.2) is 81.4 Å². The Morgan fingerprint density at radius 2 is 1.77 bits per heavy atom. The van der Waals surface area contributed by atoms with Gasteiger partial charge < -0.3 is 14.5 Å². The summed E-state index contributed by atoms with van der Waals surface area (Å²) in [6.45, 7) is 3.75. The minimum Gasteiger partial charge on any atom is -0.482 e. The van der Waals surface area contributed by atoms with Crippen LogP contribution in [0.3, 0.4) is 0 Å².